The first kappa shape index (κ1) is 23.8. The van der Waals surface area contributed by atoms with E-state index in [1.165, 1.54) is 19.1 Å². The van der Waals surface area contributed by atoms with E-state index in [0.717, 1.165) is 5.56 Å². The fourth-order valence-electron chi connectivity index (χ4n) is 4.27. The maximum absolute atomic E-state index is 13.3. The Bertz CT molecular complexity index is 1300. The largest absolute Gasteiger partial charge is 0.507 e. The molecule has 8 heteroatoms. The molecule has 35 heavy (non-hydrogen) atoms. The number of ketones is 1. The fourth-order valence-corrected chi connectivity index (χ4v) is 4.27. The second-order valence-corrected chi connectivity index (χ2v) is 8.08. The third-order valence-electron chi connectivity index (χ3n) is 6.04. The molecule has 2 aromatic carbocycles. The molecular weight excluding hydrogens is 448 g/mol. The van der Waals surface area contributed by atoms with Crippen LogP contribution < -0.4 is 14.2 Å². The van der Waals surface area contributed by atoms with Crippen molar-refractivity contribution in [3.05, 3.63) is 88.8 Å². The second kappa shape index (κ2) is 9.89. The molecule has 8 nitrogen and oxygen atoms in total. The van der Waals surface area contributed by atoms with Gasteiger partial charge in [0.15, 0.2) is 0 Å². The normalized spacial score (nSPS) is 16.9. The number of aryl methyl sites for hydroxylation is 1. The molecule has 2 heterocycles. The van der Waals surface area contributed by atoms with Crippen molar-refractivity contribution in [2.75, 3.05) is 21.3 Å². The zero-order valence-corrected chi connectivity index (χ0v) is 19.9. The highest BCUT2D eigenvalue weighted by Crippen LogP contribution is 2.44. The Morgan fingerprint density at radius 1 is 1.00 bits per heavy atom. The summed E-state index contributed by atoms with van der Waals surface area (Å²) in [6.07, 6.45) is 3.27. The molecule has 0 aliphatic carbocycles. The van der Waals surface area contributed by atoms with Gasteiger partial charge in [0.25, 0.3) is 11.7 Å². The lowest BCUT2D eigenvalue weighted by Crippen LogP contribution is -2.29. The third kappa shape index (κ3) is 4.42. The van der Waals surface area contributed by atoms with Gasteiger partial charge in [-0.05, 0) is 54.4 Å². The van der Waals surface area contributed by atoms with Crippen LogP contribution in [0.3, 0.4) is 0 Å². The minimum Gasteiger partial charge on any atom is -0.507 e. The summed E-state index contributed by atoms with van der Waals surface area (Å²) in [6.45, 7) is 1.92. The number of ether oxygens (including phenoxy) is 3. The van der Waals surface area contributed by atoms with E-state index < -0.39 is 17.7 Å². The third-order valence-corrected chi connectivity index (χ3v) is 6.04. The maximum atomic E-state index is 13.3. The minimum absolute atomic E-state index is 0.0179. The Morgan fingerprint density at radius 2 is 1.71 bits per heavy atom. The fraction of sp³-hybridized carbons (Fsp3) is 0.222. The molecule has 0 unspecified atom stereocenters. The second-order valence-electron chi connectivity index (χ2n) is 8.08. The summed E-state index contributed by atoms with van der Waals surface area (Å²) >= 11 is 0. The number of aliphatic hydroxyl groups is 1. The number of nitrogens with zero attached hydrogens (tertiary/aromatic N) is 2. The minimum atomic E-state index is -0.891. The predicted octanol–water partition coefficient (Wildman–Crippen LogP) is 4.04. The zero-order chi connectivity index (χ0) is 25.1. The Balaban J connectivity index is 1.93. The number of methoxy groups -OCH3 is 3. The Hall–Kier alpha value is -4.33. The summed E-state index contributed by atoms with van der Waals surface area (Å²) < 4.78 is 16.2. The molecule has 1 saturated heterocycles. The van der Waals surface area contributed by atoms with Crippen LogP contribution in [-0.4, -0.2) is 48.0 Å². The van der Waals surface area contributed by atoms with Crippen molar-refractivity contribution in [1.29, 1.82) is 0 Å². The molecule has 1 aliphatic heterocycles. The van der Waals surface area contributed by atoms with Gasteiger partial charge in [0.2, 0.25) is 0 Å². The number of pyridine rings is 1. The summed E-state index contributed by atoms with van der Waals surface area (Å²) in [5.74, 6) is -0.163. The first-order valence-corrected chi connectivity index (χ1v) is 10.9. The summed E-state index contributed by atoms with van der Waals surface area (Å²) in [7, 11) is 4.59. The van der Waals surface area contributed by atoms with E-state index in [1.807, 2.05) is 6.07 Å². The SMILES string of the molecule is COc1ccc(/C(O)=C2\C(=O)C(=O)N(Cc3cccnc3)[C@H]2c2ccc(OC)cc2OC)c(C)c1. The van der Waals surface area contributed by atoms with E-state index >= 15 is 0 Å². The van der Waals surface area contributed by atoms with E-state index in [2.05, 4.69) is 4.98 Å². The number of aliphatic hydroxyl groups excluding tert-OH is 1. The molecule has 3 aromatic rings. The molecule has 1 aliphatic rings. The zero-order valence-electron chi connectivity index (χ0n) is 19.9. The molecule has 1 fully saturated rings. The molecule has 1 amide bonds. The molecule has 0 saturated carbocycles. The number of aromatic nitrogens is 1. The van der Waals surface area contributed by atoms with Gasteiger partial charge in [-0.15, -0.1) is 0 Å². The van der Waals surface area contributed by atoms with E-state index in [0.29, 0.717) is 33.9 Å². The smallest absolute Gasteiger partial charge is 0.295 e. The molecule has 1 aromatic heterocycles. The van der Waals surface area contributed by atoms with E-state index in [1.54, 1.807) is 68.9 Å². The number of hydrogen-bond donors (Lipinski definition) is 1. The highest BCUT2D eigenvalue weighted by molar-refractivity contribution is 6.46. The monoisotopic (exact) mass is 474 g/mol. The maximum Gasteiger partial charge on any atom is 0.295 e. The van der Waals surface area contributed by atoms with Crippen LogP contribution in [0.1, 0.15) is 28.3 Å². The van der Waals surface area contributed by atoms with Crippen LogP contribution in [0.4, 0.5) is 0 Å². The number of likely N-dealkylation sites (tertiary alicyclic amines) is 1. The van der Waals surface area contributed by atoms with Gasteiger partial charge in [0.05, 0.1) is 32.9 Å². The lowest BCUT2D eigenvalue weighted by Gasteiger charge is -2.27. The highest BCUT2D eigenvalue weighted by atomic mass is 16.5. The molecule has 0 radical (unpaired) electrons. The average molecular weight is 475 g/mol. The molecule has 0 bridgehead atoms. The highest BCUT2D eigenvalue weighted by Gasteiger charge is 2.47. The quantitative estimate of drug-likeness (QED) is 0.314. The number of carbonyl (C=O) groups is 2. The molecule has 1 atom stereocenters. The summed E-state index contributed by atoms with van der Waals surface area (Å²) in [5, 5.41) is 11.4. The van der Waals surface area contributed by atoms with E-state index in [-0.39, 0.29) is 17.9 Å². The number of rotatable bonds is 7. The standard InChI is InChI=1S/C27H26N2O6/c1-16-12-18(33-2)7-9-20(16)25(30)23-24(21-10-8-19(34-3)13-22(21)35-4)29(27(32)26(23)31)15-17-6-5-11-28-14-17/h5-14,24,30H,15H2,1-4H3/b25-23+/t24-/m0/s1. The van der Waals surface area contributed by atoms with Crippen molar-refractivity contribution in [2.24, 2.45) is 0 Å². The molecule has 4 rings (SSSR count). The van der Waals surface area contributed by atoms with Crippen molar-refractivity contribution < 1.29 is 28.9 Å². The molecule has 0 spiro atoms. The van der Waals surface area contributed by atoms with Crippen molar-refractivity contribution in [1.82, 2.24) is 9.88 Å². The van der Waals surface area contributed by atoms with Gasteiger partial charge >= 0.3 is 0 Å². The van der Waals surface area contributed by atoms with Crippen molar-refractivity contribution in [3.8, 4) is 17.2 Å². The average Bonchev–Trinajstić information content (AvgIpc) is 3.13. The van der Waals surface area contributed by atoms with Gasteiger partial charge in [0, 0.05) is 36.1 Å². The molecular formula is C27H26N2O6. The van der Waals surface area contributed by atoms with Crippen LogP contribution in [0.15, 0.2) is 66.5 Å². The Labute approximate surface area is 203 Å². The van der Waals surface area contributed by atoms with Crippen LogP contribution in [0.25, 0.3) is 5.76 Å². The van der Waals surface area contributed by atoms with Crippen LogP contribution in [0.5, 0.6) is 17.2 Å². The van der Waals surface area contributed by atoms with Gasteiger partial charge in [-0.1, -0.05) is 6.07 Å². The Kier molecular flexibility index (Phi) is 6.73. The van der Waals surface area contributed by atoms with Crippen LogP contribution in [0.2, 0.25) is 0 Å². The van der Waals surface area contributed by atoms with Crippen molar-refractivity contribution >= 4 is 17.4 Å². The number of hydrogen-bond acceptors (Lipinski definition) is 7. The predicted molar refractivity (Wildman–Crippen MR) is 129 cm³/mol. The molecule has 180 valence electrons. The van der Waals surface area contributed by atoms with Gasteiger partial charge < -0.3 is 24.2 Å². The van der Waals surface area contributed by atoms with Crippen molar-refractivity contribution in [2.45, 2.75) is 19.5 Å². The number of carbonyl (C=O) groups excluding carboxylic acids is 2. The van der Waals surface area contributed by atoms with Crippen molar-refractivity contribution in [3.63, 3.8) is 0 Å². The number of amides is 1. The van der Waals surface area contributed by atoms with E-state index in [9.17, 15) is 14.7 Å². The van der Waals surface area contributed by atoms with Crippen LogP contribution in [0, 0.1) is 6.92 Å². The lowest BCUT2D eigenvalue weighted by molar-refractivity contribution is -0.140. The van der Waals surface area contributed by atoms with Gasteiger partial charge in [-0.25, -0.2) is 0 Å². The lowest BCUT2D eigenvalue weighted by atomic mass is 9.93. The van der Waals surface area contributed by atoms with Crippen LogP contribution in [-0.2, 0) is 16.1 Å². The number of benzene rings is 2. The van der Waals surface area contributed by atoms with Crippen LogP contribution >= 0.6 is 0 Å². The summed E-state index contributed by atoms with van der Waals surface area (Å²) in [6, 6.07) is 12.9. The first-order valence-electron chi connectivity index (χ1n) is 10.9. The van der Waals surface area contributed by atoms with Gasteiger partial charge in [-0.3, -0.25) is 14.6 Å². The van der Waals surface area contributed by atoms with Gasteiger partial charge in [0.1, 0.15) is 23.0 Å². The Morgan fingerprint density at radius 3 is 2.34 bits per heavy atom. The van der Waals surface area contributed by atoms with Gasteiger partial charge in [-0.2, -0.15) is 0 Å². The summed E-state index contributed by atoms with van der Waals surface area (Å²) in [4.78, 5) is 32.2. The molecule has 1 N–H and O–H groups in total. The topological polar surface area (TPSA) is 98.2 Å². The van der Waals surface area contributed by atoms with E-state index in [4.69, 9.17) is 14.2 Å². The summed E-state index contributed by atoms with van der Waals surface area (Å²) in [5.41, 5.74) is 2.40. The first-order chi connectivity index (χ1) is 16.9. The number of Topliss-reactive ketones (excluding diaryl/α,β-unsaturated/α-hetero) is 1.